The minimum absolute atomic E-state index is 0.0355. The summed E-state index contributed by atoms with van der Waals surface area (Å²) in [6, 6.07) is 17.0. The van der Waals surface area contributed by atoms with Crippen LogP contribution in [0.15, 0.2) is 76.4 Å². The molecule has 9 heteroatoms. The molecule has 2 aromatic carbocycles. The molecule has 0 aliphatic rings. The Labute approximate surface area is 187 Å². The number of nitrogens with zero attached hydrogens (tertiary/aromatic N) is 3. The molecule has 4 rings (SSSR count). The van der Waals surface area contributed by atoms with Gasteiger partial charge in [0.25, 0.3) is 5.56 Å². The van der Waals surface area contributed by atoms with E-state index in [4.69, 9.17) is 16.3 Å². The SMILES string of the molecule is COc1ccccc1NC(=O)Cn1c(=O)n(Cc2ccc(Cl)cc2)c(=O)c2cccnc21. The smallest absolute Gasteiger partial charge is 0.333 e. The summed E-state index contributed by atoms with van der Waals surface area (Å²) in [5.41, 5.74) is 0.229. The summed E-state index contributed by atoms with van der Waals surface area (Å²) in [6.45, 7) is -0.293. The second-order valence-electron chi connectivity index (χ2n) is 7.01. The number of halogens is 1. The van der Waals surface area contributed by atoms with Crippen LogP contribution in [0.1, 0.15) is 5.56 Å². The highest BCUT2D eigenvalue weighted by atomic mass is 35.5. The lowest BCUT2D eigenvalue weighted by molar-refractivity contribution is -0.116. The highest BCUT2D eigenvalue weighted by Crippen LogP contribution is 2.23. The maximum Gasteiger partial charge on any atom is 0.333 e. The Hall–Kier alpha value is -3.91. The normalized spacial score (nSPS) is 10.8. The summed E-state index contributed by atoms with van der Waals surface area (Å²) in [4.78, 5) is 43.2. The van der Waals surface area contributed by atoms with Crippen molar-refractivity contribution in [3.05, 3.63) is 98.3 Å². The molecule has 32 heavy (non-hydrogen) atoms. The van der Waals surface area contributed by atoms with Crippen molar-refractivity contribution in [3.63, 3.8) is 0 Å². The number of aromatic nitrogens is 3. The van der Waals surface area contributed by atoms with Crippen molar-refractivity contribution >= 4 is 34.2 Å². The molecule has 0 radical (unpaired) electrons. The number of hydrogen-bond donors (Lipinski definition) is 1. The fraction of sp³-hybridized carbons (Fsp3) is 0.130. The first kappa shape index (κ1) is 21.3. The van der Waals surface area contributed by atoms with Crippen LogP contribution in [-0.4, -0.2) is 27.1 Å². The third kappa shape index (κ3) is 4.26. The predicted molar refractivity (Wildman–Crippen MR) is 122 cm³/mol. The molecule has 4 aromatic rings. The van der Waals surface area contributed by atoms with Gasteiger partial charge in [0.2, 0.25) is 5.91 Å². The number of methoxy groups -OCH3 is 1. The second-order valence-corrected chi connectivity index (χ2v) is 7.45. The topological polar surface area (TPSA) is 95.2 Å². The van der Waals surface area contributed by atoms with Crippen LogP contribution < -0.4 is 21.3 Å². The molecule has 0 saturated heterocycles. The van der Waals surface area contributed by atoms with Crippen LogP contribution in [0.3, 0.4) is 0 Å². The summed E-state index contributed by atoms with van der Waals surface area (Å²) in [7, 11) is 1.50. The number of rotatable bonds is 6. The van der Waals surface area contributed by atoms with Gasteiger partial charge in [-0.1, -0.05) is 35.9 Å². The molecule has 0 fully saturated rings. The molecular weight excluding hydrogens is 432 g/mol. The van der Waals surface area contributed by atoms with E-state index in [0.29, 0.717) is 16.5 Å². The van der Waals surface area contributed by atoms with E-state index in [9.17, 15) is 14.4 Å². The number of benzene rings is 2. The van der Waals surface area contributed by atoms with E-state index in [2.05, 4.69) is 10.3 Å². The minimum Gasteiger partial charge on any atom is -0.495 e. The minimum atomic E-state index is -0.633. The van der Waals surface area contributed by atoms with E-state index in [-0.39, 0.29) is 24.1 Å². The van der Waals surface area contributed by atoms with Crippen molar-refractivity contribution in [2.75, 3.05) is 12.4 Å². The number of anilines is 1. The zero-order chi connectivity index (χ0) is 22.7. The van der Waals surface area contributed by atoms with Crippen LogP contribution in [0.4, 0.5) is 5.69 Å². The molecule has 1 N–H and O–H groups in total. The van der Waals surface area contributed by atoms with Crippen LogP contribution in [0.2, 0.25) is 5.02 Å². The zero-order valence-corrected chi connectivity index (χ0v) is 17.9. The van der Waals surface area contributed by atoms with Gasteiger partial charge in [0.1, 0.15) is 17.9 Å². The van der Waals surface area contributed by atoms with Gasteiger partial charge in [-0.15, -0.1) is 0 Å². The lowest BCUT2D eigenvalue weighted by Gasteiger charge is -2.14. The Bertz CT molecular complexity index is 1410. The van der Waals surface area contributed by atoms with Gasteiger partial charge < -0.3 is 10.1 Å². The quantitative estimate of drug-likeness (QED) is 0.487. The molecule has 0 aliphatic heterocycles. The average Bonchev–Trinajstić information content (AvgIpc) is 2.81. The maximum absolute atomic E-state index is 13.2. The standard InChI is InChI=1S/C23H19ClN4O4/c1-32-19-7-3-2-6-18(19)26-20(29)14-27-21-17(5-4-12-25-21)22(30)28(23(27)31)13-15-8-10-16(24)11-9-15/h2-12H,13-14H2,1H3,(H,26,29). The Morgan fingerprint density at radius 2 is 1.78 bits per heavy atom. The van der Waals surface area contributed by atoms with Gasteiger partial charge in [-0.05, 0) is 42.0 Å². The van der Waals surface area contributed by atoms with Crippen LogP contribution in [0, 0.1) is 0 Å². The molecule has 2 aromatic heterocycles. The fourth-order valence-electron chi connectivity index (χ4n) is 3.38. The average molecular weight is 451 g/mol. The number of fused-ring (bicyclic) bond motifs is 1. The third-order valence-corrected chi connectivity index (χ3v) is 5.17. The van der Waals surface area contributed by atoms with Crippen molar-refractivity contribution in [2.24, 2.45) is 0 Å². The van der Waals surface area contributed by atoms with Gasteiger partial charge >= 0.3 is 5.69 Å². The van der Waals surface area contributed by atoms with E-state index >= 15 is 0 Å². The Kier molecular flexibility index (Phi) is 6.04. The molecule has 0 bridgehead atoms. The molecule has 0 aliphatic carbocycles. The van der Waals surface area contributed by atoms with Crippen LogP contribution >= 0.6 is 11.6 Å². The number of para-hydroxylation sites is 2. The molecule has 8 nitrogen and oxygen atoms in total. The van der Waals surface area contributed by atoms with E-state index in [1.165, 1.54) is 17.9 Å². The fourth-order valence-corrected chi connectivity index (χ4v) is 3.51. The lowest BCUT2D eigenvalue weighted by atomic mass is 10.2. The van der Waals surface area contributed by atoms with E-state index < -0.39 is 17.2 Å². The van der Waals surface area contributed by atoms with Gasteiger partial charge in [-0.3, -0.25) is 18.7 Å². The molecule has 0 spiro atoms. The number of nitrogens with one attached hydrogen (secondary N) is 1. The summed E-state index contributed by atoms with van der Waals surface area (Å²) in [5.74, 6) is 0.0316. The molecule has 162 valence electrons. The van der Waals surface area contributed by atoms with Crippen molar-refractivity contribution in [1.29, 1.82) is 0 Å². The molecule has 2 heterocycles. The Balaban J connectivity index is 1.75. The van der Waals surface area contributed by atoms with Gasteiger partial charge in [0, 0.05) is 11.2 Å². The zero-order valence-electron chi connectivity index (χ0n) is 17.1. The first-order valence-corrected chi connectivity index (χ1v) is 10.1. The number of hydrogen-bond acceptors (Lipinski definition) is 5. The number of amides is 1. The highest BCUT2D eigenvalue weighted by molar-refractivity contribution is 6.30. The van der Waals surface area contributed by atoms with Crippen molar-refractivity contribution in [3.8, 4) is 5.75 Å². The van der Waals surface area contributed by atoms with Gasteiger partial charge in [-0.25, -0.2) is 9.78 Å². The number of carbonyl (C=O) groups excluding carboxylic acids is 1. The summed E-state index contributed by atoms with van der Waals surface area (Å²) >= 11 is 5.93. The van der Waals surface area contributed by atoms with Crippen LogP contribution in [-0.2, 0) is 17.9 Å². The van der Waals surface area contributed by atoms with Crippen molar-refractivity contribution < 1.29 is 9.53 Å². The largest absolute Gasteiger partial charge is 0.495 e. The van der Waals surface area contributed by atoms with Gasteiger partial charge in [0.15, 0.2) is 0 Å². The highest BCUT2D eigenvalue weighted by Gasteiger charge is 2.17. The lowest BCUT2D eigenvalue weighted by Crippen LogP contribution is -2.42. The summed E-state index contributed by atoms with van der Waals surface area (Å²) < 4.78 is 7.53. The molecule has 0 atom stereocenters. The molecule has 0 saturated carbocycles. The number of pyridine rings is 1. The number of carbonyl (C=O) groups is 1. The molecule has 0 unspecified atom stereocenters. The van der Waals surface area contributed by atoms with E-state index in [1.54, 1.807) is 60.7 Å². The van der Waals surface area contributed by atoms with Gasteiger partial charge in [-0.2, -0.15) is 0 Å². The van der Waals surface area contributed by atoms with Crippen LogP contribution in [0.5, 0.6) is 5.75 Å². The van der Waals surface area contributed by atoms with E-state index in [0.717, 1.165) is 10.1 Å². The van der Waals surface area contributed by atoms with Crippen LogP contribution in [0.25, 0.3) is 11.0 Å². The first-order chi connectivity index (χ1) is 15.5. The summed E-state index contributed by atoms with van der Waals surface area (Å²) in [5, 5.41) is 3.53. The van der Waals surface area contributed by atoms with Crippen molar-refractivity contribution in [2.45, 2.75) is 13.1 Å². The Morgan fingerprint density at radius 3 is 2.53 bits per heavy atom. The van der Waals surface area contributed by atoms with E-state index in [1.807, 2.05) is 0 Å². The predicted octanol–water partition coefficient (Wildman–Crippen LogP) is 2.91. The third-order valence-electron chi connectivity index (χ3n) is 4.92. The monoisotopic (exact) mass is 450 g/mol. The molecular formula is C23H19ClN4O4. The summed E-state index contributed by atoms with van der Waals surface area (Å²) in [6.07, 6.45) is 1.47. The molecule has 1 amide bonds. The second kappa shape index (κ2) is 9.07. The number of ether oxygens (including phenoxy) is 1. The maximum atomic E-state index is 13.2. The van der Waals surface area contributed by atoms with Gasteiger partial charge in [0.05, 0.1) is 24.7 Å². The Morgan fingerprint density at radius 1 is 1.03 bits per heavy atom. The first-order valence-electron chi connectivity index (χ1n) is 9.73. The van der Waals surface area contributed by atoms with Crippen molar-refractivity contribution in [1.82, 2.24) is 14.1 Å².